The molecule has 1 aromatic carbocycles. The van der Waals surface area contributed by atoms with Crippen molar-refractivity contribution in [2.24, 2.45) is 5.92 Å². The maximum absolute atomic E-state index is 13.5. The van der Waals surface area contributed by atoms with E-state index in [2.05, 4.69) is 38.1 Å². The number of thioether (sulfide) groups is 1. The van der Waals surface area contributed by atoms with E-state index in [1.165, 1.54) is 28.8 Å². The highest BCUT2D eigenvalue weighted by Crippen LogP contribution is 2.34. The van der Waals surface area contributed by atoms with Gasteiger partial charge in [-0.2, -0.15) is 0 Å². The average molecular weight is 399 g/mol. The fourth-order valence-electron chi connectivity index (χ4n) is 3.65. The van der Waals surface area contributed by atoms with Gasteiger partial charge in [-0.15, -0.1) is 11.3 Å². The van der Waals surface area contributed by atoms with Crippen molar-refractivity contribution in [2.45, 2.75) is 57.7 Å². The predicted octanol–water partition coefficient (Wildman–Crippen LogP) is 5.33. The van der Waals surface area contributed by atoms with Crippen molar-refractivity contribution >= 4 is 33.3 Å². The van der Waals surface area contributed by atoms with Crippen molar-refractivity contribution in [2.75, 3.05) is 5.75 Å². The van der Waals surface area contributed by atoms with Crippen molar-refractivity contribution in [1.29, 1.82) is 0 Å². The lowest BCUT2D eigenvalue weighted by molar-refractivity contribution is 0.594. The van der Waals surface area contributed by atoms with Gasteiger partial charge in [-0.3, -0.25) is 9.36 Å². The van der Waals surface area contributed by atoms with Crippen molar-refractivity contribution in [3.05, 3.63) is 56.7 Å². The van der Waals surface area contributed by atoms with Crippen molar-refractivity contribution in [3.8, 4) is 0 Å². The Bertz CT molecular complexity index is 989. The second kappa shape index (κ2) is 8.19. The molecule has 0 spiro atoms. The zero-order chi connectivity index (χ0) is 18.8. The van der Waals surface area contributed by atoms with Crippen LogP contribution in [0.1, 0.15) is 42.7 Å². The SMILES string of the molecule is CC(C)CSc1nc2sc3c(c2c(=O)n1CCc1ccccc1)CCCC3. The molecule has 0 saturated carbocycles. The lowest BCUT2D eigenvalue weighted by Gasteiger charge is -2.14. The number of fused-ring (bicyclic) bond motifs is 3. The van der Waals surface area contributed by atoms with E-state index in [1.54, 1.807) is 23.1 Å². The summed E-state index contributed by atoms with van der Waals surface area (Å²) in [5, 5.41) is 1.78. The van der Waals surface area contributed by atoms with Gasteiger partial charge in [-0.25, -0.2) is 4.98 Å². The van der Waals surface area contributed by atoms with Gasteiger partial charge in [-0.05, 0) is 49.1 Å². The van der Waals surface area contributed by atoms with Gasteiger partial charge >= 0.3 is 0 Å². The van der Waals surface area contributed by atoms with E-state index >= 15 is 0 Å². The minimum atomic E-state index is 0.168. The fraction of sp³-hybridized carbons (Fsp3) is 0.455. The van der Waals surface area contributed by atoms with E-state index < -0.39 is 0 Å². The molecule has 0 fully saturated rings. The molecule has 2 heterocycles. The van der Waals surface area contributed by atoms with Gasteiger partial charge in [0.15, 0.2) is 5.16 Å². The Morgan fingerprint density at radius 1 is 1.19 bits per heavy atom. The summed E-state index contributed by atoms with van der Waals surface area (Å²) < 4.78 is 1.93. The minimum absolute atomic E-state index is 0.168. The summed E-state index contributed by atoms with van der Waals surface area (Å²) in [5.41, 5.74) is 2.71. The second-order valence-corrected chi connectivity index (χ2v) is 9.75. The molecule has 4 rings (SSSR count). The van der Waals surface area contributed by atoms with Crippen LogP contribution in [0, 0.1) is 5.92 Å². The number of nitrogens with zero attached hydrogens (tertiary/aromatic N) is 2. The number of aryl methyl sites for hydroxylation is 3. The van der Waals surface area contributed by atoms with Gasteiger partial charge in [0.05, 0.1) is 5.39 Å². The van der Waals surface area contributed by atoms with Gasteiger partial charge in [-0.1, -0.05) is 55.9 Å². The molecule has 2 aromatic heterocycles. The Hall–Kier alpha value is -1.59. The first-order valence-corrected chi connectivity index (χ1v) is 11.7. The van der Waals surface area contributed by atoms with Gasteiger partial charge in [0.2, 0.25) is 0 Å². The van der Waals surface area contributed by atoms with Gasteiger partial charge in [0.25, 0.3) is 5.56 Å². The van der Waals surface area contributed by atoms with Gasteiger partial charge < -0.3 is 0 Å². The third kappa shape index (κ3) is 3.99. The first-order valence-electron chi connectivity index (χ1n) is 9.85. The van der Waals surface area contributed by atoms with Crippen molar-refractivity contribution in [3.63, 3.8) is 0 Å². The first kappa shape index (κ1) is 18.8. The largest absolute Gasteiger partial charge is 0.287 e. The fourth-order valence-corrected chi connectivity index (χ4v) is 5.93. The quantitative estimate of drug-likeness (QED) is 0.416. The first-order chi connectivity index (χ1) is 13.1. The van der Waals surface area contributed by atoms with Gasteiger partial charge in [0.1, 0.15) is 4.83 Å². The number of hydrogen-bond acceptors (Lipinski definition) is 4. The lowest BCUT2D eigenvalue weighted by atomic mass is 9.97. The molecular weight excluding hydrogens is 372 g/mol. The highest BCUT2D eigenvalue weighted by atomic mass is 32.2. The number of benzene rings is 1. The molecule has 5 heteroatoms. The second-order valence-electron chi connectivity index (χ2n) is 7.68. The van der Waals surface area contributed by atoms with Crippen molar-refractivity contribution in [1.82, 2.24) is 9.55 Å². The normalized spacial score (nSPS) is 14.0. The zero-order valence-electron chi connectivity index (χ0n) is 16.0. The van der Waals surface area contributed by atoms with Gasteiger partial charge in [0, 0.05) is 17.2 Å². The number of thiophene rings is 1. The summed E-state index contributed by atoms with van der Waals surface area (Å²) in [6.07, 6.45) is 5.41. The molecule has 0 radical (unpaired) electrons. The third-order valence-corrected chi connectivity index (χ3v) is 7.64. The average Bonchev–Trinajstić information content (AvgIpc) is 3.05. The minimum Gasteiger partial charge on any atom is -0.287 e. The van der Waals surface area contributed by atoms with Crippen LogP contribution in [0.15, 0.2) is 40.3 Å². The number of rotatable bonds is 6. The van der Waals surface area contributed by atoms with Crippen molar-refractivity contribution < 1.29 is 0 Å². The summed E-state index contributed by atoms with van der Waals surface area (Å²) in [5.74, 6) is 1.55. The highest BCUT2D eigenvalue weighted by molar-refractivity contribution is 7.99. The van der Waals surface area contributed by atoms with E-state index in [-0.39, 0.29) is 5.56 Å². The van der Waals surface area contributed by atoms with Crippen LogP contribution >= 0.6 is 23.1 Å². The zero-order valence-corrected chi connectivity index (χ0v) is 17.7. The summed E-state index contributed by atoms with van der Waals surface area (Å²) in [6, 6.07) is 10.4. The molecule has 0 unspecified atom stereocenters. The Morgan fingerprint density at radius 2 is 1.96 bits per heavy atom. The molecule has 0 aliphatic heterocycles. The monoisotopic (exact) mass is 398 g/mol. The van der Waals surface area contributed by atoms with Crippen LogP contribution in [0.2, 0.25) is 0 Å². The molecule has 1 aliphatic carbocycles. The van der Waals surface area contributed by atoms with Crippen LogP contribution in [-0.4, -0.2) is 15.3 Å². The Morgan fingerprint density at radius 3 is 2.74 bits per heavy atom. The summed E-state index contributed by atoms with van der Waals surface area (Å²) in [7, 11) is 0. The molecule has 0 atom stereocenters. The molecule has 1 aliphatic rings. The molecule has 3 nitrogen and oxygen atoms in total. The molecule has 0 amide bonds. The number of hydrogen-bond donors (Lipinski definition) is 0. The molecule has 0 N–H and O–H groups in total. The van der Waals surface area contributed by atoms with E-state index in [4.69, 9.17) is 4.98 Å². The molecule has 0 bridgehead atoms. The van der Waals surface area contributed by atoms with Crippen LogP contribution in [0.25, 0.3) is 10.2 Å². The number of aromatic nitrogens is 2. The lowest BCUT2D eigenvalue weighted by Crippen LogP contribution is -2.25. The highest BCUT2D eigenvalue weighted by Gasteiger charge is 2.22. The summed E-state index contributed by atoms with van der Waals surface area (Å²) >= 11 is 3.47. The standard InChI is InChI=1S/C22H26N2OS2/c1-15(2)14-26-22-23-20-19(17-10-6-7-11-18(17)27-20)21(25)24(22)13-12-16-8-4-3-5-9-16/h3-5,8-9,15H,6-7,10-14H2,1-2H3. The Balaban J connectivity index is 1.76. The smallest absolute Gasteiger partial charge is 0.263 e. The molecule has 0 saturated heterocycles. The predicted molar refractivity (Wildman–Crippen MR) is 116 cm³/mol. The molecule has 27 heavy (non-hydrogen) atoms. The summed E-state index contributed by atoms with van der Waals surface area (Å²) in [6.45, 7) is 5.11. The van der Waals surface area contributed by atoms with Crippen LogP contribution < -0.4 is 5.56 Å². The van der Waals surface area contributed by atoms with Crippen LogP contribution in [0.3, 0.4) is 0 Å². The van der Waals surface area contributed by atoms with Crippen LogP contribution in [0.5, 0.6) is 0 Å². The third-order valence-electron chi connectivity index (χ3n) is 5.05. The van der Waals surface area contributed by atoms with E-state index in [0.29, 0.717) is 12.5 Å². The summed E-state index contributed by atoms with van der Waals surface area (Å²) in [4.78, 5) is 20.8. The molecule has 3 aromatic rings. The molecule has 142 valence electrons. The van der Waals surface area contributed by atoms with Crippen LogP contribution in [0.4, 0.5) is 0 Å². The Kier molecular flexibility index (Phi) is 5.69. The van der Waals surface area contributed by atoms with E-state index in [0.717, 1.165) is 40.4 Å². The topological polar surface area (TPSA) is 34.9 Å². The maximum atomic E-state index is 13.5. The van der Waals surface area contributed by atoms with E-state index in [1.807, 2.05) is 10.6 Å². The maximum Gasteiger partial charge on any atom is 0.263 e. The molecular formula is C22H26N2OS2. The van der Waals surface area contributed by atoms with E-state index in [9.17, 15) is 4.79 Å². The van der Waals surface area contributed by atoms with Crippen LogP contribution in [-0.2, 0) is 25.8 Å². The Labute approximate surface area is 168 Å².